The van der Waals surface area contributed by atoms with Gasteiger partial charge >= 0.3 is 11.6 Å². The van der Waals surface area contributed by atoms with Gasteiger partial charge in [-0.15, -0.1) is 0 Å². The summed E-state index contributed by atoms with van der Waals surface area (Å²) in [5, 5.41) is 9.40. The predicted octanol–water partition coefficient (Wildman–Crippen LogP) is 0.269. The third-order valence-electron chi connectivity index (χ3n) is 3.07. The summed E-state index contributed by atoms with van der Waals surface area (Å²) in [4.78, 5) is 22.6. The zero-order valence-corrected chi connectivity index (χ0v) is 15.1. The van der Waals surface area contributed by atoms with Crippen LogP contribution < -0.4 is 20.8 Å². The molecular weight excluding hydrogens is 370 g/mol. The fraction of sp³-hybridized carbons (Fsp3) is 0.333. The first kappa shape index (κ1) is 21.4. The van der Waals surface area contributed by atoms with Gasteiger partial charge in [-0.3, -0.25) is 9.35 Å². The highest BCUT2D eigenvalue weighted by Crippen LogP contribution is 2.31. The molecule has 0 fully saturated rings. The van der Waals surface area contributed by atoms with E-state index in [-0.39, 0.29) is 12.0 Å². The largest absolute Gasteiger partial charge is 0.493 e. The van der Waals surface area contributed by atoms with Crippen molar-refractivity contribution >= 4 is 27.1 Å². The number of methoxy groups -OCH3 is 2. The first-order valence-corrected chi connectivity index (χ1v) is 8.90. The van der Waals surface area contributed by atoms with Crippen LogP contribution in [0.5, 0.6) is 11.5 Å². The second-order valence-electron chi connectivity index (χ2n) is 5.19. The van der Waals surface area contributed by atoms with E-state index in [2.05, 4.69) is 0 Å². The molecule has 11 heteroatoms. The molecule has 1 unspecified atom stereocenters. The molecule has 0 radical (unpaired) electrons. The molecule has 0 amide bonds. The van der Waals surface area contributed by atoms with Crippen molar-refractivity contribution in [2.24, 2.45) is 5.73 Å². The SMILES string of the molecule is COc1cc2cc(CC(N)C(=O)O)c(=O)oc2cc1OC.CS(=O)(=O)O. The molecule has 0 aliphatic heterocycles. The average Bonchev–Trinajstić information content (AvgIpc) is 2.52. The second kappa shape index (κ2) is 8.65. The first-order chi connectivity index (χ1) is 12.0. The monoisotopic (exact) mass is 389 g/mol. The Kier molecular flexibility index (Phi) is 7.12. The number of aliphatic carboxylic acids is 1. The van der Waals surface area contributed by atoms with Gasteiger partial charge in [-0.25, -0.2) is 4.79 Å². The molecule has 0 bridgehead atoms. The van der Waals surface area contributed by atoms with E-state index in [4.69, 9.17) is 29.3 Å². The normalized spacial score (nSPS) is 12.0. The number of hydrogen-bond acceptors (Lipinski definition) is 8. The quantitative estimate of drug-likeness (QED) is 0.477. The van der Waals surface area contributed by atoms with Crippen molar-refractivity contribution < 1.29 is 36.8 Å². The van der Waals surface area contributed by atoms with E-state index < -0.39 is 27.8 Å². The van der Waals surface area contributed by atoms with Crippen LogP contribution in [0.25, 0.3) is 11.0 Å². The van der Waals surface area contributed by atoms with Crippen molar-refractivity contribution in [1.29, 1.82) is 0 Å². The third-order valence-corrected chi connectivity index (χ3v) is 3.07. The first-order valence-electron chi connectivity index (χ1n) is 7.05. The highest BCUT2D eigenvalue weighted by molar-refractivity contribution is 7.85. The summed E-state index contributed by atoms with van der Waals surface area (Å²) < 4.78 is 41.3. The van der Waals surface area contributed by atoms with Crippen molar-refractivity contribution in [2.45, 2.75) is 12.5 Å². The smallest absolute Gasteiger partial charge is 0.339 e. The van der Waals surface area contributed by atoms with E-state index in [1.165, 1.54) is 20.3 Å². The summed E-state index contributed by atoms with van der Waals surface area (Å²) in [7, 11) is -0.702. The topological polar surface area (TPSA) is 166 Å². The van der Waals surface area contributed by atoms with Gasteiger partial charge in [0.15, 0.2) is 11.5 Å². The van der Waals surface area contributed by atoms with Gasteiger partial charge in [-0.1, -0.05) is 0 Å². The van der Waals surface area contributed by atoms with Crippen molar-refractivity contribution in [2.75, 3.05) is 20.5 Å². The number of hydrogen-bond donors (Lipinski definition) is 3. The number of carboxylic acid groups (broad SMARTS) is 1. The minimum absolute atomic E-state index is 0.109. The Labute approximate surface area is 148 Å². The van der Waals surface area contributed by atoms with Gasteiger partial charge in [-0.2, -0.15) is 8.42 Å². The number of nitrogens with two attached hydrogens (primary N) is 1. The lowest BCUT2D eigenvalue weighted by molar-refractivity contribution is -0.138. The molecule has 26 heavy (non-hydrogen) atoms. The summed E-state index contributed by atoms with van der Waals surface area (Å²) in [6.45, 7) is 0. The molecule has 1 atom stereocenters. The minimum Gasteiger partial charge on any atom is -0.493 e. The van der Waals surface area contributed by atoms with Gasteiger partial charge in [0.25, 0.3) is 10.1 Å². The predicted molar refractivity (Wildman–Crippen MR) is 92.4 cm³/mol. The molecule has 10 nitrogen and oxygen atoms in total. The van der Waals surface area contributed by atoms with E-state index in [0.717, 1.165) is 0 Å². The molecule has 144 valence electrons. The van der Waals surface area contributed by atoms with Gasteiger partial charge in [-0.05, 0) is 12.1 Å². The standard InChI is InChI=1S/C14H15NO6.CH4O3S/c1-19-11-5-7-3-8(4-9(15)13(16)17)14(18)21-10(7)6-12(11)20-2;1-5(2,3)4/h3,5-6,9H,4,15H2,1-2H3,(H,16,17);1H3,(H,2,3,4). The Hall–Kier alpha value is -2.63. The molecule has 1 heterocycles. The van der Waals surface area contributed by atoms with Crippen LogP contribution in [0.4, 0.5) is 0 Å². The van der Waals surface area contributed by atoms with Crippen molar-refractivity contribution in [3.8, 4) is 11.5 Å². The van der Waals surface area contributed by atoms with Crippen LogP contribution in [0.15, 0.2) is 27.4 Å². The highest BCUT2D eigenvalue weighted by Gasteiger charge is 2.17. The minimum atomic E-state index is -3.67. The van der Waals surface area contributed by atoms with E-state index in [1.807, 2.05) is 0 Å². The average molecular weight is 389 g/mol. The van der Waals surface area contributed by atoms with Crippen LogP contribution in [0.3, 0.4) is 0 Å². The number of ether oxygens (including phenoxy) is 2. The van der Waals surface area contributed by atoms with Gasteiger partial charge < -0.3 is 24.7 Å². The molecule has 0 spiro atoms. The number of fused-ring (bicyclic) bond motifs is 1. The Bertz CT molecular complexity index is 941. The highest BCUT2D eigenvalue weighted by atomic mass is 32.2. The van der Waals surface area contributed by atoms with E-state index in [1.54, 1.807) is 12.1 Å². The van der Waals surface area contributed by atoms with E-state index in [9.17, 15) is 18.0 Å². The molecule has 4 N–H and O–H groups in total. The molecule has 2 rings (SSSR count). The van der Waals surface area contributed by atoms with Gasteiger partial charge in [0, 0.05) is 23.4 Å². The number of rotatable bonds is 5. The van der Waals surface area contributed by atoms with Crippen LogP contribution >= 0.6 is 0 Å². The van der Waals surface area contributed by atoms with Crippen LogP contribution in [-0.2, 0) is 21.3 Å². The molecular formula is C15H19NO9S. The summed E-state index contributed by atoms with van der Waals surface area (Å²) in [5.41, 5.74) is 5.34. The van der Waals surface area contributed by atoms with E-state index in [0.29, 0.717) is 28.7 Å². The Balaban J connectivity index is 0.000000597. The van der Waals surface area contributed by atoms with Crippen LogP contribution in [-0.4, -0.2) is 50.6 Å². The molecule has 0 saturated heterocycles. The molecule has 0 aliphatic rings. The van der Waals surface area contributed by atoms with Gasteiger partial charge in [0.1, 0.15) is 11.6 Å². The fourth-order valence-electron chi connectivity index (χ4n) is 1.96. The Morgan fingerprint density at radius 1 is 1.23 bits per heavy atom. The van der Waals surface area contributed by atoms with Crippen molar-refractivity contribution in [3.05, 3.63) is 34.2 Å². The van der Waals surface area contributed by atoms with Crippen molar-refractivity contribution in [3.63, 3.8) is 0 Å². The van der Waals surface area contributed by atoms with Gasteiger partial charge in [0.2, 0.25) is 0 Å². The fourth-order valence-corrected chi connectivity index (χ4v) is 1.96. The van der Waals surface area contributed by atoms with Crippen LogP contribution in [0.2, 0.25) is 0 Å². The Morgan fingerprint density at radius 2 is 1.73 bits per heavy atom. The van der Waals surface area contributed by atoms with Crippen molar-refractivity contribution in [1.82, 2.24) is 0 Å². The number of carbonyl (C=O) groups is 1. The van der Waals surface area contributed by atoms with Crippen LogP contribution in [0, 0.1) is 0 Å². The lowest BCUT2D eigenvalue weighted by Crippen LogP contribution is -2.33. The zero-order chi connectivity index (χ0) is 20.1. The summed E-state index contributed by atoms with van der Waals surface area (Å²) in [6, 6.07) is 3.57. The number of benzene rings is 1. The zero-order valence-electron chi connectivity index (χ0n) is 14.3. The maximum atomic E-state index is 11.9. The van der Waals surface area contributed by atoms with Crippen LogP contribution in [0.1, 0.15) is 5.56 Å². The molecule has 1 aromatic carbocycles. The summed E-state index contributed by atoms with van der Waals surface area (Å²) in [5.74, 6) is -0.266. The molecule has 2 aromatic rings. The molecule has 0 saturated carbocycles. The lowest BCUT2D eigenvalue weighted by atomic mass is 10.1. The molecule has 1 aromatic heterocycles. The van der Waals surface area contributed by atoms with Gasteiger partial charge in [0.05, 0.1) is 20.5 Å². The third kappa shape index (κ3) is 6.35. The number of carboxylic acids is 1. The summed E-state index contributed by atoms with van der Waals surface area (Å²) >= 11 is 0. The van der Waals surface area contributed by atoms with E-state index >= 15 is 0 Å². The summed E-state index contributed by atoms with van der Waals surface area (Å²) in [6.07, 6.45) is 0.606. The molecule has 0 aliphatic carbocycles. The maximum absolute atomic E-state index is 11.9. The second-order valence-corrected chi connectivity index (χ2v) is 6.65. The Morgan fingerprint density at radius 3 is 2.19 bits per heavy atom. The maximum Gasteiger partial charge on any atom is 0.339 e. The lowest BCUT2D eigenvalue weighted by Gasteiger charge is -2.10.